The molecule has 7 nitrogen and oxygen atoms in total. The second-order valence-electron chi connectivity index (χ2n) is 6.37. The maximum absolute atomic E-state index is 13.3. The summed E-state index contributed by atoms with van der Waals surface area (Å²) in [6.07, 6.45) is 2.44. The number of pyridine rings is 1. The normalized spacial score (nSPS) is 15.3. The molecule has 0 aliphatic carbocycles. The number of hydrazine groups is 1. The first kappa shape index (κ1) is 18.9. The molecule has 1 unspecified atom stereocenters. The number of benzene rings is 2. The van der Waals surface area contributed by atoms with E-state index in [1.54, 1.807) is 43.6 Å². The number of hydrogen-bond acceptors (Lipinski definition) is 5. The summed E-state index contributed by atoms with van der Waals surface area (Å²) in [6.45, 7) is 0. The summed E-state index contributed by atoms with van der Waals surface area (Å²) < 4.78 is 5.98. The average molecular weight is 453 g/mol. The predicted octanol–water partition coefficient (Wildman–Crippen LogP) is 3.76. The number of hydrogen-bond donors (Lipinski definition) is 2. The Morgan fingerprint density at radius 1 is 1.21 bits per heavy atom. The number of aromatic nitrogens is 1. The largest absolute Gasteiger partial charge is 0.497 e. The molecule has 0 spiro atoms. The van der Waals surface area contributed by atoms with Crippen molar-refractivity contribution in [3.05, 3.63) is 88.2 Å². The highest BCUT2D eigenvalue weighted by atomic mass is 79.9. The zero-order valence-electron chi connectivity index (χ0n) is 15.4. The highest BCUT2D eigenvalue weighted by Crippen LogP contribution is 2.34. The van der Waals surface area contributed by atoms with Gasteiger partial charge in [-0.15, -0.1) is 0 Å². The molecule has 2 heterocycles. The number of halogens is 1. The van der Waals surface area contributed by atoms with Crippen molar-refractivity contribution in [2.45, 2.75) is 6.17 Å². The lowest BCUT2D eigenvalue weighted by Gasteiger charge is -2.37. The van der Waals surface area contributed by atoms with Gasteiger partial charge in [0.25, 0.3) is 11.8 Å². The van der Waals surface area contributed by atoms with Crippen LogP contribution in [0.4, 0.5) is 5.69 Å². The van der Waals surface area contributed by atoms with E-state index < -0.39 is 12.1 Å². The first-order chi connectivity index (χ1) is 14.1. The lowest BCUT2D eigenvalue weighted by atomic mass is 10.0. The Morgan fingerprint density at radius 3 is 2.69 bits per heavy atom. The third-order valence-corrected chi connectivity index (χ3v) is 5.05. The number of carbonyl (C=O) groups excluding carboxylic acids is 2. The first-order valence-electron chi connectivity index (χ1n) is 8.81. The lowest BCUT2D eigenvalue weighted by Crippen LogP contribution is -2.52. The van der Waals surface area contributed by atoms with Crippen molar-refractivity contribution >= 4 is 33.4 Å². The molecule has 2 amide bonds. The number of ether oxygens (including phenoxy) is 1. The van der Waals surface area contributed by atoms with E-state index in [9.17, 15) is 9.59 Å². The van der Waals surface area contributed by atoms with E-state index in [0.29, 0.717) is 22.6 Å². The number of nitrogens with one attached hydrogen (secondary N) is 2. The van der Waals surface area contributed by atoms with Crippen molar-refractivity contribution < 1.29 is 14.3 Å². The molecular formula is C21H17BrN4O3. The summed E-state index contributed by atoms with van der Waals surface area (Å²) in [7, 11) is 1.59. The number of anilines is 1. The number of fused-ring (bicyclic) bond motifs is 1. The molecule has 1 aliphatic heterocycles. The molecule has 0 fully saturated rings. The summed E-state index contributed by atoms with van der Waals surface area (Å²) in [5.74, 6) is -0.0468. The third-order valence-electron chi connectivity index (χ3n) is 4.56. The highest BCUT2D eigenvalue weighted by Gasteiger charge is 2.34. The molecule has 2 aromatic carbocycles. The van der Waals surface area contributed by atoms with E-state index in [-0.39, 0.29) is 5.91 Å². The van der Waals surface area contributed by atoms with E-state index >= 15 is 0 Å². The minimum atomic E-state index is -0.595. The zero-order chi connectivity index (χ0) is 20.4. The van der Waals surface area contributed by atoms with Crippen LogP contribution in [-0.4, -0.2) is 28.9 Å². The standard InChI is InChI=1S/C21H17BrN4O3/c1-29-16-7-4-13(5-8-16)19-24-18-9-6-15(22)11-17(18)21(28)26(19)25-20(27)14-3-2-10-23-12-14/h2-12,19,24H,1H3,(H,25,27). The summed E-state index contributed by atoms with van der Waals surface area (Å²) in [5, 5.41) is 4.63. The predicted molar refractivity (Wildman–Crippen MR) is 111 cm³/mol. The molecular weight excluding hydrogens is 436 g/mol. The van der Waals surface area contributed by atoms with Gasteiger partial charge in [0, 0.05) is 22.6 Å². The van der Waals surface area contributed by atoms with Gasteiger partial charge in [-0.2, -0.15) is 0 Å². The van der Waals surface area contributed by atoms with Crippen LogP contribution in [0.5, 0.6) is 5.75 Å². The van der Waals surface area contributed by atoms with Crippen molar-refractivity contribution in [1.29, 1.82) is 0 Å². The van der Waals surface area contributed by atoms with Crippen LogP contribution >= 0.6 is 15.9 Å². The SMILES string of the molecule is COc1ccc(C2Nc3ccc(Br)cc3C(=O)N2NC(=O)c2cccnc2)cc1. The molecule has 1 aliphatic rings. The van der Waals surface area contributed by atoms with E-state index in [4.69, 9.17) is 4.74 Å². The fraction of sp³-hybridized carbons (Fsp3) is 0.0952. The van der Waals surface area contributed by atoms with Crippen LogP contribution in [0.15, 0.2) is 71.5 Å². The van der Waals surface area contributed by atoms with Gasteiger partial charge in [-0.05, 0) is 48.0 Å². The van der Waals surface area contributed by atoms with E-state index in [0.717, 1.165) is 10.0 Å². The molecule has 0 saturated heterocycles. The van der Waals surface area contributed by atoms with Gasteiger partial charge < -0.3 is 10.1 Å². The number of carbonyl (C=O) groups is 2. The smallest absolute Gasteiger partial charge is 0.276 e. The van der Waals surface area contributed by atoms with Crippen LogP contribution in [0.3, 0.4) is 0 Å². The average Bonchev–Trinajstić information content (AvgIpc) is 2.76. The van der Waals surface area contributed by atoms with Gasteiger partial charge in [0.05, 0.1) is 18.2 Å². The number of amides is 2. The fourth-order valence-corrected chi connectivity index (χ4v) is 3.44. The molecule has 0 radical (unpaired) electrons. The maximum Gasteiger partial charge on any atom is 0.276 e. The van der Waals surface area contributed by atoms with E-state index in [2.05, 4.69) is 31.7 Å². The van der Waals surface area contributed by atoms with Crippen molar-refractivity contribution in [2.24, 2.45) is 0 Å². The maximum atomic E-state index is 13.3. The Kier molecular flexibility index (Phi) is 5.18. The Bertz CT molecular complexity index is 1060. The fourth-order valence-electron chi connectivity index (χ4n) is 3.08. The molecule has 0 saturated carbocycles. The third kappa shape index (κ3) is 3.79. The molecule has 4 rings (SSSR count). The zero-order valence-corrected chi connectivity index (χ0v) is 17.0. The van der Waals surface area contributed by atoms with Crippen molar-refractivity contribution in [3.63, 3.8) is 0 Å². The first-order valence-corrected chi connectivity index (χ1v) is 9.61. The van der Waals surface area contributed by atoms with Crippen molar-refractivity contribution in [2.75, 3.05) is 12.4 Å². The van der Waals surface area contributed by atoms with Crippen LogP contribution in [0.25, 0.3) is 0 Å². The molecule has 3 aromatic rings. The Hall–Kier alpha value is -3.39. The molecule has 2 N–H and O–H groups in total. The molecule has 1 atom stereocenters. The number of rotatable bonds is 4. The van der Waals surface area contributed by atoms with Crippen LogP contribution in [-0.2, 0) is 0 Å². The Labute approximate surface area is 175 Å². The van der Waals surface area contributed by atoms with Crippen LogP contribution < -0.4 is 15.5 Å². The second kappa shape index (κ2) is 7.92. The Balaban J connectivity index is 1.72. The summed E-state index contributed by atoms with van der Waals surface area (Å²) in [6, 6.07) is 16.0. The van der Waals surface area contributed by atoms with Gasteiger partial charge in [-0.25, -0.2) is 5.01 Å². The summed E-state index contributed by atoms with van der Waals surface area (Å²) in [4.78, 5) is 29.9. The van der Waals surface area contributed by atoms with Gasteiger partial charge in [-0.1, -0.05) is 28.1 Å². The van der Waals surface area contributed by atoms with Crippen LogP contribution in [0, 0.1) is 0 Å². The lowest BCUT2D eigenvalue weighted by molar-refractivity contribution is 0.0490. The van der Waals surface area contributed by atoms with Gasteiger partial charge in [-0.3, -0.25) is 20.0 Å². The molecule has 146 valence electrons. The van der Waals surface area contributed by atoms with E-state index in [1.807, 2.05) is 24.3 Å². The van der Waals surface area contributed by atoms with Crippen molar-refractivity contribution in [3.8, 4) is 5.75 Å². The monoisotopic (exact) mass is 452 g/mol. The second-order valence-corrected chi connectivity index (χ2v) is 7.28. The quantitative estimate of drug-likeness (QED) is 0.629. The number of methoxy groups -OCH3 is 1. The minimum Gasteiger partial charge on any atom is -0.497 e. The van der Waals surface area contributed by atoms with Gasteiger partial charge >= 0.3 is 0 Å². The Morgan fingerprint density at radius 2 is 2.00 bits per heavy atom. The van der Waals surface area contributed by atoms with Gasteiger partial charge in [0.15, 0.2) is 0 Å². The molecule has 1 aromatic heterocycles. The van der Waals surface area contributed by atoms with E-state index in [1.165, 1.54) is 11.2 Å². The van der Waals surface area contributed by atoms with Crippen LogP contribution in [0.1, 0.15) is 32.4 Å². The van der Waals surface area contributed by atoms with Gasteiger partial charge in [0.2, 0.25) is 0 Å². The van der Waals surface area contributed by atoms with Gasteiger partial charge in [0.1, 0.15) is 11.9 Å². The van der Waals surface area contributed by atoms with Crippen LogP contribution in [0.2, 0.25) is 0 Å². The topological polar surface area (TPSA) is 83.6 Å². The molecule has 29 heavy (non-hydrogen) atoms. The molecule has 8 heteroatoms. The summed E-state index contributed by atoms with van der Waals surface area (Å²) in [5.41, 5.74) is 5.00. The summed E-state index contributed by atoms with van der Waals surface area (Å²) >= 11 is 3.39. The highest BCUT2D eigenvalue weighted by molar-refractivity contribution is 9.10. The van der Waals surface area contributed by atoms with Crippen molar-refractivity contribution in [1.82, 2.24) is 15.4 Å². The molecule has 0 bridgehead atoms. The number of nitrogens with zero attached hydrogens (tertiary/aromatic N) is 2. The minimum absolute atomic E-state index is 0.321.